The molecular formula is C13H17FN2O2. The molecule has 4 nitrogen and oxygen atoms in total. The summed E-state index contributed by atoms with van der Waals surface area (Å²) in [6.07, 6.45) is 0.604. The van der Waals surface area contributed by atoms with Gasteiger partial charge in [0.15, 0.2) is 0 Å². The van der Waals surface area contributed by atoms with E-state index in [4.69, 9.17) is 4.74 Å². The molecule has 1 aliphatic rings. The summed E-state index contributed by atoms with van der Waals surface area (Å²) in [7, 11) is 1.56. The molecule has 18 heavy (non-hydrogen) atoms. The summed E-state index contributed by atoms with van der Waals surface area (Å²) in [5, 5.41) is 3.02. The minimum atomic E-state index is -0.280. The normalized spacial score (nSPS) is 15.9. The van der Waals surface area contributed by atoms with E-state index in [9.17, 15) is 9.18 Å². The number of rotatable bonds is 4. The first-order valence-corrected chi connectivity index (χ1v) is 6.01. The number of benzene rings is 1. The average molecular weight is 252 g/mol. The lowest BCUT2D eigenvalue weighted by molar-refractivity contribution is -0.131. The van der Waals surface area contributed by atoms with Crippen LogP contribution < -0.4 is 10.1 Å². The van der Waals surface area contributed by atoms with E-state index >= 15 is 0 Å². The molecule has 0 saturated carbocycles. The topological polar surface area (TPSA) is 41.6 Å². The van der Waals surface area contributed by atoms with Crippen LogP contribution in [0.4, 0.5) is 4.39 Å². The Morgan fingerprint density at radius 2 is 2.33 bits per heavy atom. The predicted molar refractivity (Wildman–Crippen MR) is 66.1 cm³/mol. The Kier molecular flexibility index (Phi) is 4.15. The number of nitrogens with one attached hydrogen (secondary N) is 1. The number of methoxy groups -OCH3 is 1. The molecule has 1 N–H and O–H groups in total. The van der Waals surface area contributed by atoms with Crippen LogP contribution in [0.1, 0.15) is 5.56 Å². The van der Waals surface area contributed by atoms with Gasteiger partial charge in [0.2, 0.25) is 5.91 Å². The maximum atomic E-state index is 13.2. The van der Waals surface area contributed by atoms with Crippen molar-refractivity contribution in [2.24, 2.45) is 0 Å². The Hall–Kier alpha value is -1.62. The first kappa shape index (κ1) is 12.8. The molecule has 1 aliphatic heterocycles. The number of carbonyl (C=O) groups excluding carboxylic acids is 1. The third kappa shape index (κ3) is 2.98. The molecule has 0 unspecified atom stereocenters. The van der Waals surface area contributed by atoms with E-state index < -0.39 is 0 Å². The van der Waals surface area contributed by atoms with Crippen molar-refractivity contribution in [3.8, 4) is 5.75 Å². The molecule has 1 aromatic carbocycles. The molecule has 0 bridgehead atoms. The van der Waals surface area contributed by atoms with Crippen LogP contribution in [0.15, 0.2) is 18.2 Å². The molecule has 0 atom stereocenters. The van der Waals surface area contributed by atoms with Gasteiger partial charge in [-0.3, -0.25) is 4.79 Å². The molecule has 0 radical (unpaired) electrons. The third-order valence-electron chi connectivity index (χ3n) is 3.08. The highest BCUT2D eigenvalue weighted by Crippen LogP contribution is 2.20. The Morgan fingerprint density at radius 1 is 1.50 bits per heavy atom. The Morgan fingerprint density at radius 3 is 3.06 bits per heavy atom. The quantitative estimate of drug-likeness (QED) is 0.862. The molecule has 1 amide bonds. The summed E-state index contributed by atoms with van der Waals surface area (Å²) in [5.41, 5.74) is 0.795. The first-order valence-electron chi connectivity index (χ1n) is 6.01. The molecule has 1 fully saturated rings. The van der Waals surface area contributed by atoms with Gasteiger partial charge in [-0.1, -0.05) is 0 Å². The summed E-state index contributed by atoms with van der Waals surface area (Å²) in [6, 6.07) is 4.45. The molecular weight excluding hydrogens is 235 g/mol. The molecule has 1 heterocycles. The van der Waals surface area contributed by atoms with Gasteiger partial charge in [-0.15, -0.1) is 0 Å². The molecule has 1 aromatic rings. The maximum absolute atomic E-state index is 13.2. The van der Waals surface area contributed by atoms with E-state index in [2.05, 4.69) is 5.32 Å². The highest BCUT2D eigenvalue weighted by Gasteiger charge is 2.17. The van der Waals surface area contributed by atoms with Gasteiger partial charge >= 0.3 is 0 Å². The molecule has 2 rings (SSSR count). The van der Waals surface area contributed by atoms with Crippen LogP contribution in [0.5, 0.6) is 5.75 Å². The lowest BCUT2D eigenvalue weighted by Gasteiger charge is -2.27. The molecule has 1 saturated heterocycles. The Balaban J connectivity index is 2.00. The molecule has 98 valence electrons. The number of ether oxygens (including phenoxy) is 1. The van der Waals surface area contributed by atoms with Crippen molar-refractivity contribution < 1.29 is 13.9 Å². The highest BCUT2D eigenvalue weighted by atomic mass is 19.1. The van der Waals surface area contributed by atoms with Crippen molar-refractivity contribution in [2.75, 3.05) is 33.3 Å². The number of nitrogens with zero attached hydrogens (tertiary/aromatic N) is 1. The van der Waals surface area contributed by atoms with Gasteiger partial charge < -0.3 is 15.0 Å². The monoisotopic (exact) mass is 252 g/mol. The molecule has 0 aliphatic carbocycles. The van der Waals surface area contributed by atoms with Crippen LogP contribution in [-0.4, -0.2) is 44.1 Å². The van der Waals surface area contributed by atoms with Crippen LogP contribution in [0.25, 0.3) is 0 Å². The number of carbonyl (C=O) groups is 1. The summed E-state index contributed by atoms with van der Waals surface area (Å²) in [5.74, 6) is 0.480. The van der Waals surface area contributed by atoms with Crippen molar-refractivity contribution in [1.82, 2.24) is 10.2 Å². The van der Waals surface area contributed by atoms with E-state index in [-0.39, 0.29) is 11.7 Å². The lowest BCUT2D eigenvalue weighted by Crippen LogP contribution is -2.48. The maximum Gasteiger partial charge on any atom is 0.236 e. The zero-order valence-corrected chi connectivity index (χ0v) is 10.4. The van der Waals surface area contributed by atoms with Gasteiger partial charge in [-0.25, -0.2) is 4.39 Å². The van der Waals surface area contributed by atoms with Crippen LogP contribution in [0.3, 0.4) is 0 Å². The number of hydrogen-bond acceptors (Lipinski definition) is 3. The second kappa shape index (κ2) is 5.82. The van der Waals surface area contributed by atoms with Crippen molar-refractivity contribution >= 4 is 5.91 Å². The number of halogens is 1. The molecule has 0 aromatic heterocycles. The fraction of sp³-hybridized carbons (Fsp3) is 0.462. The zero-order valence-electron chi connectivity index (χ0n) is 10.4. The van der Waals surface area contributed by atoms with Gasteiger partial charge in [-0.05, 0) is 30.2 Å². The van der Waals surface area contributed by atoms with Gasteiger partial charge in [0, 0.05) is 19.6 Å². The minimum absolute atomic E-state index is 0.0941. The van der Waals surface area contributed by atoms with Crippen LogP contribution >= 0.6 is 0 Å². The second-order valence-electron chi connectivity index (χ2n) is 4.26. The van der Waals surface area contributed by atoms with Crippen molar-refractivity contribution in [3.63, 3.8) is 0 Å². The van der Waals surface area contributed by atoms with Gasteiger partial charge in [-0.2, -0.15) is 0 Å². The fourth-order valence-corrected chi connectivity index (χ4v) is 2.08. The second-order valence-corrected chi connectivity index (χ2v) is 4.26. The zero-order chi connectivity index (χ0) is 13.0. The fourth-order valence-electron chi connectivity index (χ4n) is 2.08. The molecule has 5 heteroatoms. The van der Waals surface area contributed by atoms with Gasteiger partial charge in [0.05, 0.1) is 13.7 Å². The lowest BCUT2D eigenvalue weighted by atomic mass is 10.1. The van der Waals surface area contributed by atoms with Crippen LogP contribution in [0, 0.1) is 5.82 Å². The summed E-state index contributed by atoms with van der Waals surface area (Å²) in [4.78, 5) is 13.4. The van der Waals surface area contributed by atoms with Crippen molar-refractivity contribution in [2.45, 2.75) is 6.42 Å². The molecule has 0 spiro atoms. The van der Waals surface area contributed by atoms with E-state index in [1.165, 1.54) is 12.1 Å². The van der Waals surface area contributed by atoms with E-state index in [0.717, 1.165) is 12.1 Å². The third-order valence-corrected chi connectivity index (χ3v) is 3.08. The summed E-state index contributed by atoms with van der Waals surface area (Å²) < 4.78 is 18.4. The van der Waals surface area contributed by atoms with Crippen molar-refractivity contribution in [3.05, 3.63) is 29.6 Å². The number of hydrogen-bond donors (Lipinski definition) is 1. The van der Waals surface area contributed by atoms with Gasteiger partial charge in [0.25, 0.3) is 0 Å². The van der Waals surface area contributed by atoms with E-state index in [0.29, 0.717) is 31.8 Å². The highest BCUT2D eigenvalue weighted by molar-refractivity contribution is 5.79. The van der Waals surface area contributed by atoms with E-state index in [1.807, 2.05) is 0 Å². The SMILES string of the molecule is COc1ccc(F)cc1CCN1CCNCC1=O. The Bertz CT molecular complexity index is 437. The Labute approximate surface area is 106 Å². The van der Waals surface area contributed by atoms with Gasteiger partial charge in [0.1, 0.15) is 11.6 Å². The smallest absolute Gasteiger partial charge is 0.236 e. The predicted octanol–water partition coefficient (Wildman–Crippen LogP) is 0.809. The minimum Gasteiger partial charge on any atom is -0.496 e. The largest absolute Gasteiger partial charge is 0.496 e. The summed E-state index contributed by atoms with van der Waals surface area (Å²) >= 11 is 0. The standard InChI is InChI=1S/C13H17FN2O2/c1-18-12-3-2-11(14)8-10(12)4-6-16-7-5-15-9-13(16)17/h2-3,8,15H,4-7,9H2,1H3. The van der Waals surface area contributed by atoms with Crippen molar-refractivity contribution in [1.29, 1.82) is 0 Å². The average Bonchev–Trinajstić information content (AvgIpc) is 2.38. The first-order chi connectivity index (χ1) is 8.70. The van der Waals surface area contributed by atoms with Crippen LogP contribution in [-0.2, 0) is 11.2 Å². The number of amides is 1. The number of piperazine rings is 1. The summed E-state index contributed by atoms with van der Waals surface area (Å²) in [6.45, 7) is 2.50. The van der Waals surface area contributed by atoms with Crippen LogP contribution in [0.2, 0.25) is 0 Å². The van der Waals surface area contributed by atoms with E-state index in [1.54, 1.807) is 18.1 Å².